The van der Waals surface area contributed by atoms with E-state index in [1.807, 2.05) is 0 Å². The van der Waals surface area contributed by atoms with Gasteiger partial charge >= 0.3 is 0 Å². The molecular formula is C16H25N. The van der Waals surface area contributed by atoms with Crippen molar-refractivity contribution in [2.75, 3.05) is 6.54 Å². The quantitative estimate of drug-likeness (QED) is 0.834. The van der Waals surface area contributed by atoms with Gasteiger partial charge in [-0.25, -0.2) is 0 Å². The van der Waals surface area contributed by atoms with Gasteiger partial charge in [0.05, 0.1) is 0 Å². The fourth-order valence-corrected chi connectivity index (χ4v) is 3.30. The molecule has 0 spiro atoms. The number of rotatable bonds is 4. The maximum Gasteiger partial charge on any atom is 0.00855 e. The van der Waals surface area contributed by atoms with E-state index in [0.717, 1.165) is 12.5 Å². The molecule has 94 valence electrons. The molecule has 1 saturated carbocycles. The third kappa shape index (κ3) is 2.55. The van der Waals surface area contributed by atoms with Crippen LogP contribution in [0, 0.1) is 12.8 Å². The second-order valence-corrected chi connectivity index (χ2v) is 6.14. The molecule has 0 amide bonds. The summed E-state index contributed by atoms with van der Waals surface area (Å²) in [6.45, 7) is 10.2. The summed E-state index contributed by atoms with van der Waals surface area (Å²) in [6.07, 6.45) is 2.66. The summed E-state index contributed by atoms with van der Waals surface area (Å²) >= 11 is 0. The van der Waals surface area contributed by atoms with Gasteiger partial charge in [0.25, 0.3) is 0 Å². The molecule has 0 radical (unpaired) electrons. The first-order valence-electron chi connectivity index (χ1n) is 6.83. The van der Waals surface area contributed by atoms with Crippen molar-refractivity contribution in [3.63, 3.8) is 0 Å². The largest absolute Gasteiger partial charge is 0.314 e. The number of nitrogens with one attached hydrogen (secondary N) is 1. The molecule has 0 saturated heterocycles. The minimum atomic E-state index is 0.398. The highest BCUT2D eigenvalue weighted by Gasteiger charge is 2.43. The lowest BCUT2D eigenvalue weighted by molar-refractivity contribution is 0.149. The topological polar surface area (TPSA) is 12.0 Å². The van der Waals surface area contributed by atoms with Crippen molar-refractivity contribution in [3.8, 4) is 0 Å². The Bertz CT molecular complexity index is 375. The molecule has 0 aliphatic heterocycles. The summed E-state index contributed by atoms with van der Waals surface area (Å²) in [6, 6.07) is 9.47. The molecule has 0 bridgehead atoms. The smallest absolute Gasteiger partial charge is 0.00855 e. The number of benzene rings is 1. The predicted octanol–water partition coefficient (Wildman–Crippen LogP) is 3.66. The minimum Gasteiger partial charge on any atom is -0.314 e. The Labute approximate surface area is 106 Å². The first kappa shape index (κ1) is 12.6. The molecule has 1 aliphatic carbocycles. The zero-order valence-corrected chi connectivity index (χ0v) is 11.6. The Hall–Kier alpha value is -0.820. The lowest BCUT2D eigenvalue weighted by Crippen LogP contribution is -2.49. The van der Waals surface area contributed by atoms with E-state index in [9.17, 15) is 0 Å². The van der Waals surface area contributed by atoms with Gasteiger partial charge in [-0.15, -0.1) is 0 Å². The van der Waals surface area contributed by atoms with Gasteiger partial charge in [0, 0.05) is 18.0 Å². The SMILES string of the molecule is Cc1ccccc1C1(CNC(C)C)CC(C)C1. The van der Waals surface area contributed by atoms with Crippen molar-refractivity contribution in [2.24, 2.45) is 5.92 Å². The van der Waals surface area contributed by atoms with Crippen molar-refractivity contribution in [1.29, 1.82) is 0 Å². The van der Waals surface area contributed by atoms with E-state index in [1.165, 1.54) is 18.4 Å². The summed E-state index contributed by atoms with van der Waals surface area (Å²) in [5.74, 6) is 0.878. The maximum atomic E-state index is 3.63. The van der Waals surface area contributed by atoms with E-state index >= 15 is 0 Å². The molecule has 1 nitrogen and oxygen atoms in total. The first-order valence-corrected chi connectivity index (χ1v) is 6.83. The van der Waals surface area contributed by atoms with E-state index in [2.05, 4.69) is 57.3 Å². The number of aryl methyl sites for hydroxylation is 1. The molecular weight excluding hydrogens is 206 g/mol. The van der Waals surface area contributed by atoms with Crippen molar-refractivity contribution >= 4 is 0 Å². The molecule has 1 heteroatoms. The van der Waals surface area contributed by atoms with Crippen LogP contribution in [0.25, 0.3) is 0 Å². The van der Waals surface area contributed by atoms with Gasteiger partial charge in [-0.05, 0) is 36.8 Å². The lowest BCUT2D eigenvalue weighted by Gasteiger charge is -2.48. The average molecular weight is 231 g/mol. The van der Waals surface area contributed by atoms with Crippen LogP contribution in [0.4, 0.5) is 0 Å². The molecule has 2 rings (SSSR count). The molecule has 1 aromatic rings. The first-order chi connectivity index (χ1) is 8.03. The summed E-state index contributed by atoms with van der Waals surface area (Å²) in [5, 5.41) is 3.63. The minimum absolute atomic E-state index is 0.398. The third-order valence-electron chi connectivity index (χ3n) is 4.04. The van der Waals surface area contributed by atoms with Crippen molar-refractivity contribution in [1.82, 2.24) is 5.32 Å². The molecule has 1 aliphatic rings. The Kier molecular flexibility index (Phi) is 3.58. The molecule has 0 aromatic heterocycles. The second kappa shape index (κ2) is 4.81. The highest BCUT2D eigenvalue weighted by molar-refractivity contribution is 5.36. The van der Waals surface area contributed by atoms with Crippen molar-refractivity contribution in [2.45, 2.75) is 52.0 Å². The van der Waals surface area contributed by atoms with E-state index in [4.69, 9.17) is 0 Å². The van der Waals surface area contributed by atoms with Gasteiger partial charge in [-0.3, -0.25) is 0 Å². The van der Waals surface area contributed by atoms with Crippen LogP contribution in [0.2, 0.25) is 0 Å². The molecule has 1 N–H and O–H groups in total. The molecule has 0 atom stereocenters. The van der Waals surface area contributed by atoms with Crippen LogP contribution in [-0.4, -0.2) is 12.6 Å². The van der Waals surface area contributed by atoms with E-state index < -0.39 is 0 Å². The van der Waals surface area contributed by atoms with Crippen LogP contribution in [0.3, 0.4) is 0 Å². The molecule has 0 heterocycles. The highest BCUT2D eigenvalue weighted by Crippen LogP contribution is 2.48. The summed E-state index contributed by atoms with van der Waals surface area (Å²) in [7, 11) is 0. The molecule has 1 aromatic carbocycles. The molecule has 17 heavy (non-hydrogen) atoms. The maximum absolute atomic E-state index is 3.63. The van der Waals surface area contributed by atoms with Gasteiger partial charge in [-0.2, -0.15) is 0 Å². The second-order valence-electron chi connectivity index (χ2n) is 6.14. The zero-order valence-electron chi connectivity index (χ0n) is 11.6. The van der Waals surface area contributed by atoms with Crippen LogP contribution in [0.15, 0.2) is 24.3 Å². The fourth-order valence-electron chi connectivity index (χ4n) is 3.30. The predicted molar refractivity (Wildman–Crippen MR) is 74.4 cm³/mol. The average Bonchev–Trinajstić information content (AvgIpc) is 2.23. The number of hydrogen-bond donors (Lipinski definition) is 1. The van der Waals surface area contributed by atoms with Crippen molar-refractivity contribution in [3.05, 3.63) is 35.4 Å². The highest BCUT2D eigenvalue weighted by atomic mass is 14.9. The van der Waals surface area contributed by atoms with E-state index in [0.29, 0.717) is 11.5 Å². The summed E-state index contributed by atoms with van der Waals surface area (Å²) in [5.41, 5.74) is 3.41. The van der Waals surface area contributed by atoms with Crippen LogP contribution >= 0.6 is 0 Å². The van der Waals surface area contributed by atoms with Crippen LogP contribution < -0.4 is 5.32 Å². The van der Waals surface area contributed by atoms with Crippen LogP contribution in [0.1, 0.15) is 44.7 Å². The third-order valence-corrected chi connectivity index (χ3v) is 4.04. The van der Waals surface area contributed by atoms with E-state index in [-0.39, 0.29) is 0 Å². The van der Waals surface area contributed by atoms with Crippen LogP contribution in [-0.2, 0) is 5.41 Å². The monoisotopic (exact) mass is 231 g/mol. The van der Waals surface area contributed by atoms with Gasteiger partial charge in [0.1, 0.15) is 0 Å². The Morgan fingerprint density at radius 1 is 1.29 bits per heavy atom. The zero-order chi connectivity index (χ0) is 12.5. The van der Waals surface area contributed by atoms with E-state index in [1.54, 1.807) is 5.56 Å². The number of hydrogen-bond acceptors (Lipinski definition) is 1. The Morgan fingerprint density at radius 2 is 1.94 bits per heavy atom. The van der Waals surface area contributed by atoms with Crippen molar-refractivity contribution < 1.29 is 0 Å². The standard InChI is InChI=1S/C16H25N/c1-12(2)17-11-16(9-13(3)10-16)15-8-6-5-7-14(15)4/h5-8,12-13,17H,9-11H2,1-4H3. The Balaban J connectivity index is 2.20. The summed E-state index contributed by atoms with van der Waals surface area (Å²) in [4.78, 5) is 0. The van der Waals surface area contributed by atoms with Gasteiger partial charge in [0.15, 0.2) is 0 Å². The summed E-state index contributed by atoms with van der Waals surface area (Å²) < 4.78 is 0. The fraction of sp³-hybridized carbons (Fsp3) is 0.625. The van der Waals surface area contributed by atoms with Crippen LogP contribution in [0.5, 0.6) is 0 Å². The molecule has 0 unspecified atom stereocenters. The Morgan fingerprint density at radius 3 is 2.47 bits per heavy atom. The van der Waals surface area contributed by atoms with Gasteiger partial charge < -0.3 is 5.32 Å². The van der Waals surface area contributed by atoms with Gasteiger partial charge in [-0.1, -0.05) is 45.0 Å². The molecule has 1 fully saturated rings. The normalized spacial score (nSPS) is 28.2. The lowest BCUT2D eigenvalue weighted by atomic mass is 9.58. The van der Waals surface area contributed by atoms with Gasteiger partial charge in [0.2, 0.25) is 0 Å².